The van der Waals surface area contributed by atoms with Gasteiger partial charge in [0.2, 0.25) is 11.8 Å². The molecular weight excluding hydrogens is 342 g/mol. The van der Waals surface area contributed by atoms with Gasteiger partial charge in [-0.1, -0.05) is 54.1 Å². The van der Waals surface area contributed by atoms with E-state index < -0.39 is 11.8 Å². The third kappa shape index (κ3) is 6.27. The van der Waals surface area contributed by atoms with Crippen molar-refractivity contribution in [3.63, 3.8) is 0 Å². The highest BCUT2D eigenvalue weighted by atomic mass is 35.5. The van der Waals surface area contributed by atoms with E-state index in [-0.39, 0.29) is 30.9 Å². The second-order valence-electron chi connectivity index (χ2n) is 5.24. The summed E-state index contributed by atoms with van der Waals surface area (Å²) >= 11 is 5.90. The molecule has 0 unspecified atom stereocenters. The summed E-state index contributed by atoms with van der Waals surface area (Å²) in [4.78, 5) is 35.3. The zero-order chi connectivity index (χ0) is 18.1. The maximum atomic E-state index is 11.9. The quantitative estimate of drug-likeness (QED) is 0.688. The summed E-state index contributed by atoms with van der Waals surface area (Å²) in [6.07, 6.45) is 0.301. The van der Waals surface area contributed by atoms with Crippen molar-refractivity contribution in [3.05, 3.63) is 70.7 Å². The molecule has 25 heavy (non-hydrogen) atoms. The van der Waals surface area contributed by atoms with Crippen molar-refractivity contribution in [1.82, 2.24) is 16.2 Å². The van der Waals surface area contributed by atoms with Crippen LogP contribution in [0.1, 0.15) is 22.3 Å². The Labute approximate surface area is 150 Å². The smallest absolute Gasteiger partial charge is 0.271 e. The molecule has 0 aromatic heterocycles. The third-order valence-corrected chi connectivity index (χ3v) is 3.65. The standard InChI is InChI=1S/C18H18ClN3O3/c19-15-9-5-4-8-14(15)18(25)22-21-16(23)10-11-20-17(24)12-13-6-2-1-3-7-13/h1-9H,10-12H2,(H,20,24)(H,21,23)(H,22,25). The normalized spacial score (nSPS) is 9.96. The second kappa shape index (κ2) is 9.44. The number of rotatable bonds is 6. The molecule has 0 bridgehead atoms. The van der Waals surface area contributed by atoms with Crippen LogP contribution in [-0.4, -0.2) is 24.3 Å². The molecule has 6 nitrogen and oxygen atoms in total. The first-order chi connectivity index (χ1) is 12.1. The van der Waals surface area contributed by atoms with E-state index in [1.807, 2.05) is 30.3 Å². The molecule has 0 aliphatic carbocycles. The van der Waals surface area contributed by atoms with Crippen LogP contribution in [0.3, 0.4) is 0 Å². The van der Waals surface area contributed by atoms with Crippen molar-refractivity contribution in [2.24, 2.45) is 0 Å². The topological polar surface area (TPSA) is 87.3 Å². The van der Waals surface area contributed by atoms with Gasteiger partial charge < -0.3 is 5.32 Å². The molecule has 130 valence electrons. The molecule has 0 aliphatic heterocycles. The molecule has 0 fully saturated rings. The van der Waals surface area contributed by atoms with Gasteiger partial charge in [0.25, 0.3) is 5.91 Å². The SMILES string of the molecule is O=C(Cc1ccccc1)NCCC(=O)NNC(=O)c1ccccc1Cl. The molecule has 0 radical (unpaired) electrons. The predicted molar refractivity (Wildman–Crippen MR) is 94.8 cm³/mol. The van der Waals surface area contributed by atoms with Crippen LogP contribution in [0.15, 0.2) is 54.6 Å². The molecule has 3 amide bonds. The van der Waals surface area contributed by atoms with Crippen LogP contribution in [-0.2, 0) is 16.0 Å². The lowest BCUT2D eigenvalue weighted by Gasteiger charge is -2.09. The number of hydrogen-bond acceptors (Lipinski definition) is 3. The van der Waals surface area contributed by atoms with E-state index >= 15 is 0 Å². The van der Waals surface area contributed by atoms with Gasteiger partial charge in [-0.25, -0.2) is 0 Å². The van der Waals surface area contributed by atoms with Gasteiger partial charge in [-0.15, -0.1) is 0 Å². The molecule has 0 spiro atoms. The van der Waals surface area contributed by atoms with E-state index in [9.17, 15) is 14.4 Å². The number of nitrogens with one attached hydrogen (secondary N) is 3. The van der Waals surface area contributed by atoms with E-state index in [0.29, 0.717) is 5.02 Å². The Balaban J connectivity index is 1.66. The minimum atomic E-state index is -0.507. The molecule has 2 aromatic rings. The number of amides is 3. The first-order valence-corrected chi connectivity index (χ1v) is 8.08. The lowest BCUT2D eigenvalue weighted by atomic mass is 10.1. The number of hydrazine groups is 1. The predicted octanol–water partition coefficient (Wildman–Crippen LogP) is 1.85. The zero-order valence-electron chi connectivity index (χ0n) is 13.4. The number of hydrogen-bond donors (Lipinski definition) is 3. The fourth-order valence-corrected chi connectivity index (χ4v) is 2.28. The molecule has 0 aliphatic rings. The highest BCUT2D eigenvalue weighted by molar-refractivity contribution is 6.33. The molecular formula is C18H18ClN3O3. The third-order valence-electron chi connectivity index (χ3n) is 3.32. The monoisotopic (exact) mass is 359 g/mol. The average Bonchev–Trinajstić information content (AvgIpc) is 2.61. The Hall–Kier alpha value is -2.86. The van der Waals surface area contributed by atoms with Crippen LogP contribution in [0, 0.1) is 0 Å². The maximum absolute atomic E-state index is 11.9. The zero-order valence-corrected chi connectivity index (χ0v) is 14.2. The molecule has 0 saturated carbocycles. The minimum Gasteiger partial charge on any atom is -0.355 e. The van der Waals surface area contributed by atoms with Gasteiger partial charge in [-0.2, -0.15) is 0 Å². The van der Waals surface area contributed by atoms with Gasteiger partial charge in [0, 0.05) is 13.0 Å². The highest BCUT2D eigenvalue weighted by Gasteiger charge is 2.10. The summed E-state index contributed by atoms with van der Waals surface area (Å²) in [5.74, 6) is -1.09. The molecule has 0 heterocycles. The Morgan fingerprint density at radius 2 is 1.52 bits per heavy atom. The summed E-state index contributed by atoms with van der Waals surface area (Å²) in [7, 11) is 0. The average molecular weight is 360 g/mol. The summed E-state index contributed by atoms with van der Waals surface area (Å²) in [5, 5.41) is 2.95. The van der Waals surface area contributed by atoms with Gasteiger partial charge in [-0.05, 0) is 17.7 Å². The van der Waals surface area contributed by atoms with E-state index in [0.717, 1.165) is 5.56 Å². The van der Waals surface area contributed by atoms with Crippen LogP contribution in [0.4, 0.5) is 0 Å². The van der Waals surface area contributed by atoms with Gasteiger partial charge >= 0.3 is 0 Å². The fraction of sp³-hybridized carbons (Fsp3) is 0.167. The first kappa shape index (κ1) is 18.5. The summed E-state index contributed by atoms with van der Waals surface area (Å²) < 4.78 is 0. The van der Waals surface area contributed by atoms with E-state index in [1.165, 1.54) is 0 Å². The Kier molecular flexibility index (Phi) is 6.98. The minimum absolute atomic E-state index is 0.0450. The van der Waals surface area contributed by atoms with Gasteiger partial charge in [0.15, 0.2) is 0 Å². The molecule has 2 aromatic carbocycles. The van der Waals surface area contributed by atoms with Crippen molar-refractivity contribution in [2.45, 2.75) is 12.8 Å². The Morgan fingerprint density at radius 1 is 0.840 bits per heavy atom. The maximum Gasteiger partial charge on any atom is 0.271 e. The van der Waals surface area contributed by atoms with Crippen LogP contribution >= 0.6 is 11.6 Å². The number of carbonyl (C=O) groups excluding carboxylic acids is 3. The number of carbonyl (C=O) groups is 3. The number of benzene rings is 2. The van der Waals surface area contributed by atoms with Crippen molar-refractivity contribution < 1.29 is 14.4 Å². The first-order valence-electron chi connectivity index (χ1n) is 7.70. The highest BCUT2D eigenvalue weighted by Crippen LogP contribution is 2.13. The van der Waals surface area contributed by atoms with Gasteiger partial charge in [0.05, 0.1) is 17.0 Å². The van der Waals surface area contributed by atoms with Crippen molar-refractivity contribution >= 4 is 29.3 Å². The fourth-order valence-electron chi connectivity index (χ4n) is 2.06. The van der Waals surface area contributed by atoms with Crippen LogP contribution < -0.4 is 16.2 Å². The Bertz CT molecular complexity index is 750. The van der Waals surface area contributed by atoms with E-state index in [1.54, 1.807) is 24.3 Å². The second-order valence-corrected chi connectivity index (χ2v) is 5.65. The summed E-state index contributed by atoms with van der Waals surface area (Å²) in [6, 6.07) is 15.8. The lowest BCUT2D eigenvalue weighted by molar-refractivity contribution is -0.122. The largest absolute Gasteiger partial charge is 0.355 e. The van der Waals surface area contributed by atoms with Crippen molar-refractivity contribution in [3.8, 4) is 0 Å². The van der Waals surface area contributed by atoms with Crippen molar-refractivity contribution in [2.75, 3.05) is 6.54 Å². The van der Waals surface area contributed by atoms with Crippen LogP contribution in [0.5, 0.6) is 0 Å². The van der Waals surface area contributed by atoms with Crippen LogP contribution in [0.2, 0.25) is 5.02 Å². The summed E-state index contributed by atoms with van der Waals surface area (Å²) in [5.41, 5.74) is 5.73. The Morgan fingerprint density at radius 3 is 2.24 bits per heavy atom. The van der Waals surface area contributed by atoms with Gasteiger partial charge in [-0.3, -0.25) is 25.2 Å². The molecule has 3 N–H and O–H groups in total. The van der Waals surface area contributed by atoms with E-state index in [2.05, 4.69) is 16.2 Å². The van der Waals surface area contributed by atoms with E-state index in [4.69, 9.17) is 11.6 Å². The van der Waals surface area contributed by atoms with Crippen LogP contribution in [0.25, 0.3) is 0 Å². The molecule has 0 atom stereocenters. The molecule has 2 rings (SSSR count). The molecule has 0 saturated heterocycles. The lowest BCUT2D eigenvalue weighted by Crippen LogP contribution is -2.43. The summed E-state index contributed by atoms with van der Waals surface area (Å²) in [6.45, 7) is 0.180. The van der Waals surface area contributed by atoms with Crippen molar-refractivity contribution in [1.29, 1.82) is 0 Å². The number of halogens is 1. The molecule has 7 heteroatoms. The van der Waals surface area contributed by atoms with Gasteiger partial charge in [0.1, 0.15) is 0 Å².